The van der Waals surface area contributed by atoms with Crippen LogP contribution < -0.4 is 5.32 Å². The van der Waals surface area contributed by atoms with E-state index in [4.69, 9.17) is 9.52 Å². The van der Waals surface area contributed by atoms with E-state index < -0.39 is 5.97 Å². The van der Waals surface area contributed by atoms with Gasteiger partial charge in [0.25, 0.3) is 0 Å². The van der Waals surface area contributed by atoms with Gasteiger partial charge in [-0.3, -0.25) is 4.79 Å². The Morgan fingerprint density at radius 2 is 2.40 bits per heavy atom. The maximum atomic E-state index is 11.0. The van der Waals surface area contributed by atoms with Crippen LogP contribution in [-0.2, 0) is 4.79 Å². The summed E-state index contributed by atoms with van der Waals surface area (Å²) in [6.07, 6.45) is 0. The molecule has 1 aliphatic rings. The largest absolute Gasteiger partial charge is 0.481 e. The van der Waals surface area contributed by atoms with Crippen molar-refractivity contribution in [1.82, 2.24) is 5.32 Å². The average Bonchev–Trinajstić information content (AvgIpc) is 2.71. The van der Waals surface area contributed by atoms with Gasteiger partial charge in [0.2, 0.25) is 0 Å². The molecule has 2 heterocycles. The highest BCUT2D eigenvalue weighted by Crippen LogP contribution is 2.33. The molecule has 1 aliphatic heterocycles. The zero-order chi connectivity index (χ0) is 11.0. The number of aryl methyl sites for hydroxylation is 1. The first-order chi connectivity index (χ1) is 7.09. The minimum Gasteiger partial charge on any atom is -0.481 e. The lowest BCUT2D eigenvalue weighted by Gasteiger charge is -2.13. The molecule has 1 aromatic rings. The van der Waals surface area contributed by atoms with Crippen molar-refractivity contribution in [2.75, 3.05) is 13.1 Å². The number of rotatable bonds is 2. The van der Waals surface area contributed by atoms with Crippen LogP contribution in [0.3, 0.4) is 0 Å². The first-order valence-corrected chi connectivity index (χ1v) is 5.58. The molecule has 2 rings (SSSR count). The molecule has 1 saturated heterocycles. The van der Waals surface area contributed by atoms with Crippen LogP contribution >= 0.6 is 15.9 Å². The van der Waals surface area contributed by atoms with E-state index in [1.165, 1.54) is 0 Å². The Morgan fingerprint density at radius 3 is 2.93 bits per heavy atom. The van der Waals surface area contributed by atoms with E-state index in [9.17, 15) is 4.79 Å². The molecule has 0 radical (unpaired) electrons. The van der Waals surface area contributed by atoms with Crippen LogP contribution in [0.15, 0.2) is 15.2 Å². The molecule has 0 saturated carbocycles. The number of aliphatic carboxylic acids is 1. The van der Waals surface area contributed by atoms with Gasteiger partial charge in [-0.05, 0) is 34.5 Å². The Kier molecular flexibility index (Phi) is 2.84. The van der Waals surface area contributed by atoms with E-state index >= 15 is 0 Å². The molecule has 0 spiro atoms. The van der Waals surface area contributed by atoms with Gasteiger partial charge < -0.3 is 14.8 Å². The molecule has 0 bridgehead atoms. The third-order valence-electron chi connectivity index (χ3n) is 2.86. The second kappa shape index (κ2) is 3.98. The number of hydrogen-bond donors (Lipinski definition) is 2. The van der Waals surface area contributed by atoms with Gasteiger partial charge in [-0.25, -0.2) is 0 Å². The van der Waals surface area contributed by atoms with Gasteiger partial charge in [-0.2, -0.15) is 0 Å². The van der Waals surface area contributed by atoms with Crippen LogP contribution in [-0.4, -0.2) is 24.2 Å². The van der Waals surface area contributed by atoms with Crippen LogP contribution in [0.5, 0.6) is 0 Å². The van der Waals surface area contributed by atoms with E-state index in [2.05, 4.69) is 21.2 Å². The van der Waals surface area contributed by atoms with Gasteiger partial charge in [0, 0.05) is 19.0 Å². The standard InChI is InChI=1S/C10H12BrNO3/c1-5-6(2-9(11)15-5)7-3-12-4-8(7)10(13)14/h2,7-8,12H,3-4H2,1H3,(H,13,14). The first-order valence-electron chi connectivity index (χ1n) is 4.79. The molecule has 15 heavy (non-hydrogen) atoms. The zero-order valence-electron chi connectivity index (χ0n) is 8.29. The summed E-state index contributed by atoms with van der Waals surface area (Å²) in [6.45, 7) is 3.09. The first kappa shape index (κ1) is 10.7. The fourth-order valence-corrected chi connectivity index (χ4v) is 2.58. The van der Waals surface area contributed by atoms with Crippen molar-refractivity contribution in [2.45, 2.75) is 12.8 Å². The van der Waals surface area contributed by atoms with Crippen molar-refractivity contribution < 1.29 is 14.3 Å². The van der Waals surface area contributed by atoms with E-state index in [0.29, 0.717) is 17.8 Å². The van der Waals surface area contributed by atoms with Crippen LogP contribution in [0, 0.1) is 12.8 Å². The molecule has 2 N–H and O–H groups in total. The molecule has 4 nitrogen and oxygen atoms in total. The average molecular weight is 274 g/mol. The van der Waals surface area contributed by atoms with Gasteiger partial charge in [-0.1, -0.05) is 0 Å². The fourth-order valence-electron chi connectivity index (χ4n) is 2.09. The number of hydrogen-bond acceptors (Lipinski definition) is 3. The van der Waals surface area contributed by atoms with E-state index in [0.717, 1.165) is 11.3 Å². The van der Waals surface area contributed by atoms with Crippen molar-refractivity contribution >= 4 is 21.9 Å². The number of carboxylic acid groups (broad SMARTS) is 1. The summed E-state index contributed by atoms with van der Waals surface area (Å²) in [5.74, 6) is -0.297. The molecule has 0 aromatic carbocycles. The SMILES string of the molecule is Cc1oc(Br)cc1C1CNCC1C(=O)O. The molecule has 2 unspecified atom stereocenters. The van der Waals surface area contributed by atoms with Gasteiger partial charge in [0.1, 0.15) is 5.76 Å². The van der Waals surface area contributed by atoms with Gasteiger partial charge in [0.15, 0.2) is 4.67 Å². The number of carboxylic acids is 1. The molecule has 0 amide bonds. The fraction of sp³-hybridized carbons (Fsp3) is 0.500. The number of furan rings is 1. The lowest BCUT2D eigenvalue weighted by atomic mass is 9.89. The third kappa shape index (κ3) is 1.94. The molecule has 5 heteroatoms. The third-order valence-corrected chi connectivity index (χ3v) is 3.25. The number of nitrogens with one attached hydrogen (secondary N) is 1. The van der Waals surface area contributed by atoms with Gasteiger partial charge in [0.05, 0.1) is 5.92 Å². The van der Waals surface area contributed by atoms with Crippen molar-refractivity contribution in [3.63, 3.8) is 0 Å². The Morgan fingerprint density at radius 1 is 1.67 bits per heavy atom. The normalized spacial score (nSPS) is 25.7. The van der Waals surface area contributed by atoms with Crippen LogP contribution in [0.4, 0.5) is 0 Å². The van der Waals surface area contributed by atoms with Crippen molar-refractivity contribution in [1.29, 1.82) is 0 Å². The summed E-state index contributed by atoms with van der Waals surface area (Å²) in [4.78, 5) is 11.0. The highest BCUT2D eigenvalue weighted by molar-refractivity contribution is 9.10. The topological polar surface area (TPSA) is 62.5 Å². The molecular formula is C10H12BrNO3. The maximum Gasteiger partial charge on any atom is 0.308 e. The maximum absolute atomic E-state index is 11.0. The van der Waals surface area contributed by atoms with E-state index in [-0.39, 0.29) is 11.8 Å². The predicted molar refractivity (Wildman–Crippen MR) is 57.9 cm³/mol. The van der Waals surface area contributed by atoms with E-state index in [1.807, 2.05) is 13.0 Å². The van der Waals surface area contributed by atoms with E-state index in [1.54, 1.807) is 0 Å². The lowest BCUT2D eigenvalue weighted by molar-refractivity contribution is -0.141. The molecule has 1 fully saturated rings. The summed E-state index contributed by atoms with van der Waals surface area (Å²) in [5.41, 5.74) is 0.985. The van der Waals surface area contributed by atoms with Gasteiger partial charge >= 0.3 is 5.97 Å². The zero-order valence-corrected chi connectivity index (χ0v) is 9.87. The Bertz CT molecular complexity index is 388. The van der Waals surface area contributed by atoms with Crippen molar-refractivity contribution in [3.8, 4) is 0 Å². The Balaban J connectivity index is 2.30. The molecule has 0 aliphatic carbocycles. The van der Waals surface area contributed by atoms with Crippen LogP contribution in [0.25, 0.3) is 0 Å². The second-order valence-corrected chi connectivity index (χ2v) is 4.55. The van der Waals surface area contributed by atoms with Gasteiger partial charge in [-0.15, -0.1) is 0 Å². The summed E-state index contributed by atoms with van der Waals surface area (Å²) in [5, 5.41) is 12.2. The highest BCUT2D eigenvalue weighted by Gasteiger charge is 2.35. The van der Waals surface area contributed by atoms with Crippen LogP contribution in [0.1, 0.15) is 17.2 Å². The highest BCUT2D eigenvalue weighted by atomic mass is 79.9. The molecule has 2 atom stereocenters. The lowest BCUT2D eigenvalue weighted by Crippen LogP contribution is -2.21. The van der Waals surface area contributed by atoms with Crippen molar-refractivity contribution in [3.05, 3.63) is 22.1 Å². The Hall–Kier alpha value is -0.810. The summed E-state index contributed by atoms with van der Waals surface area (Å²) >= 11 is 3.25. The molecule has 82 valence electrons. The summed E-state index contributed by atoms with van der Waals surface area (Å²) in [6, 6.07) is 1.86. The molecular weight excluding hydrogens is 262 g/mol. The quantitative estimate of drug-likeness (QED) is 0.862. The monoisotopic (exact) mass is 273 g/mol. The minimum absolute atomic E-state index is 0.0116. The molecule has 1 aromatic heterocycles. The second-order valence-electron chi connectivity index (χ2n) is 3.77. The van der Waals surface area contributed by atoms with Crippen LogP contribution in [0.2, 0.25) is 0 Å². The summed E-state index contributed by atoms with van der Waals surface area (Å²) in [7, 11) is 0. The number of halogens is 1. The smallest absolute Gasteiger partial charge is 0.308 e. The summed E-state index contributed by atoms with van der Waals surface area (Å²) < 4.78 is 6.01. The Labute approximate surface area is 95.8 Å². The minimum atomic E-state index is -0.748. The van der Waals surface area contributed by atoms with Crippen molar-refractivity contribution in [2.24, 2.45) is 5.92 Å². The predicted octanol–water partition coefficient (Wildman–Crippen LogP) is 1.74. The number of carbonyl (C=O) groups is 1.